The largest absolute Gasteiger partial charge is 0.474 e. The van der Waals surface area contributed by atoms with Gasteiger partial charge in [0.15, 0.2) is 0 Å². The lowest BCUT2D eigenvalue weighted by Gasteiger charge is -2.35. The Morgan fingerprint density at radius 1 is 1.17 bits per heavy atom. The average Bonchev–Trinajstić information content (AvgIpc) is 2.14. The van der Waals surface area contributed by atoms with E-state index in [0.717, 1.165) is 24.9 Å². The highest BCUT2D eigenvalue weighted by Crippen LogP contribution is 2.16. The number of quaternary nitrogens is 1. The van der Waals surface area contributed by atoms with E-state index in [4.69, 9.17) is 11.6 Å². The molecule has 0 spiro atoms. The van der Waals surface area contributed by atoms with Crippen LogP contribution in [0.2, 0.25) is 0 Å². The molecule has 0 fully saturated rings. The normalized spacial score (nSPS) is 12.7. The molecule has 0 bridgehead atoms. The zero-order valence-electron chi connectivity index (χ0n) is 8.44. The van der Waals surface area contributed by atoms with Crippen LogP contribution in [-0.2, 0) is 0 Å². The van der Waals surface area contributed by atoms with Gasteiger partial charge in [0.1, 0.15) is 0 Å². The molecule has 4 heteroatoms. The Morgan fingerprint density at radius 3 is 2.00 bits per heavy atom. The molecule has 1 radical (unpaired) electrons. The number of hydrogen-bond donors (Lipinski definition) is 0. The summed E-state index contributed by atoms with van der Waals surface area (Å²) in [5.74, 6) is 0.798. The summed E-state index contributed by atoms with van der Waals surface area (Å²) in [6.45, 7) is 10.4. The first-order valence-corrected chi connectivity index (χ1v) is 6.56. The molecule has 0 amide bonds. The monoisotopic (exact) mass is 207 g/mol. The number of halogens is 1. The fourth-order valence-electron chi connectivity index (χ4n) is 1.26. The molecule has 1 unspecified atom stereocenters. The third-order valence-electron chi connectivity index (χ3n) is 2.49. The SMILES string of the molecule is CC[N+]([B]PCCCl)(CC)CC. The molecule has 0 rings (SSSR count). The van der Waals surface area contributed by atoms with Gasteiger partial charge in [-0.25, -0.2) is 0 Å². The van der Waals surface area contributed by atoms with E-state index in [1.165, 1.54) is 19.6 Å². The first kappa shape index (κ1) is 12.7. The van der Waals surface area contributed by atoms with Crippen molar-refractivity contribution < 1.29 is 4.39 Å². The molecule has 0 saturated heterocycles. The van der Waals surface area contributed by atoms with E-state index in [2.05, 4.69) is 27.9 Å². The highest BCUT2D eigenvalue weighted by Gasteiger charge is 2.23. The van der Waals surface area contributed by atoms with Gasteiger partial charge in [0.05, 0.1) is 19.6 Å². The van der Waals surface area contributed by atoms with Gasteiger partial charge in [0.25, 0.3) is 0 Å². The molecule has 1 nitrogen and oxygen atoms in total. The molecule has 12 heavy (non-hydrogen) atoms. The van der Waals surface area contributed by atoms with Gasteiger partial charge < -0.3 is 4.39 Å². The minimum atomic E-state index is 0.798. The maximum absolute atomic E-state index is 5.64. The number of hydrogen-bond acceptors (Lipinski definition) is 0. The highest BCUT2D eigenvalue weighted by molar-refractivity contribution is 7.69. The van der Waals surface area contributed by atoms with E-state index in [-0.39, 0.29) is 0 Å². The maximum atomic E-state index is 5.64. The van der Waals surface area contributed by atoms with Crippen LogP contribution in [0.4, 0.5) is 0 Å². The second kappa shape index (κ2) is 7.18. The van der Waals surface area contributed by atoms with Crippen LogP contribution in [0.25, 0.3) is 0 Å². The first-order valence-electron chi connectivity index (χ1n) is 4.74. The molecule has 0 aliphatic carbocycles. The lowest BCUT2D eigenvalue weighted by Crippen LogP contribution is -2.49. The summed E-state index contributed by atoms with van der Waals surface area (Å²) in [4.78, 5) is 0. The maximum Gasteiger partial charge on any atom is 0.474 e. The van der Waals surface area contributed by atoms with Gasteiger partial charge in [-0.15, -0.1) is 11.6 Å². The van der Waals surface area contributed by atoms with Crippen LogP contribution in [0.1, 0.15) is 20.8 Å². The molecular formula is C8H20BClNP+. The molecule has 0 aromatic rings. The Labute approximate surface area is 84.4 Å². The van der Waals surface area contributed by atoms with Crippen molar-refractivity contribution in [3.63, 3.8) is 0 Å². The Hall–Kier alpha value is 0.745. The molecule has 0 aliphatic heterocycles. The van der Waals surface area contributed by atoms with Crippen LogP contribution in [0.5, 0.6) is 0 Å². The third kappa shape index (κ3) is 4.12. The van der Waals surface area contributed by atoms with Crippen molar-refractivity contribution in [1.82, 2.24) is 0 Å². The quantitative estimate of drug-likeness (QED) is 0.260. The predicted molar refractivity (Wildman–Crippen MR) is 61.5 cm³/mol. The predicted octanol–water partition coefficient (Wildman–Crippen LogP) is 2.31. The zero-order valence-corrected chi connectivity index (χ0v) is 10.2. The summed E-state index contributed by atoms with van der Waals surface area (Å²) >= 11 is 5.64. The van der Waals surface area contributed by atoms with E-state index >= 15 is 0 Å². The Morgan fingerprint density at radius 2 is 1.67 bits per heavy atom. The molecular weight excluding hydrogens is 187 g/mol. The Bertz CT molecular complexity index is 101. The van der Waals surface area contributed by atoms with Crippen LogP contribution < -0.4 is 0 Å². The van der Waals surface area contributed by atoms with E-state index in [9.17, 15) is 0 Å². The Balaban J connectivity index is 3.76. The summed E-state index contributed by atoms with van der Waals surface area (Å²) < 4.78 is 1.15. The molecule has 0 aromatic heterocycles. The van der Waals surface area contributed by atoms with Crippen molar-refractivity contribution in [3.8, 4) is 0 Å². The van der Waals surface area contributed by atoms with Crippen molar-refractivity contribution in [2.24, 2.45) is 0 Å². The number of rotatable bonds is 7. The minimum Gasteiger partial charge on any atom is -0.391 e. The molecule has 1 atom stereocenters. The van der Waals surface area contributed by atoms with Gasteiger partial charge in [-0.3, -0.25) is 0 Å². The van der Waals surface area contributed by atoms with Crippen molar-refractivity contribution in [1.29, 1.82) is 0 Å². The van der Waals surface area contributed by atoms with Crippen molar-refractivity contribution in [2.75, 3.05) is 31.7 Å². The summed E-state index contributed by atoms with van der Waals surface area (Å²) in [6.07, 6.45) is 1.14. The summed E-state index contributed by atoms with van der Waals surface area (Å²) in [6, 6.07) is 0. The number of alkyl halides is 1. The van der Waals surface area contributed by atoms with E-state index in [0.29, 0.717) is 0 Å². The first-order chi connectivity index (χ1) is 5.74. The van der Waals surface area contributed by atoms with Gasteiger partial charge in [-0.1, -0.05) is 8.46 Å². The van der Waals surface area contributed by atoms with Crippen molar-refractivity contribution in [3.05, 3.63) is 0 Å². The van der Waals surface area contributed by atoms with E-state index in [1.54, 1.807) is 0 Å². The summed E-state index contributed by atoms with van der Waals surface area (Å²) in [7, 11) is 3.37. The van der Waals surface area contributed by atoms with Crippen LogP contribution in [-0.4, -0.2) is 43.2 Å². The third-order valence-corrected chi connectivity index (χ3v) is 4.27. The molecule has 0 aliphatic rings. The highest BCUT2D eigenvalue weighted by atomic mass is 35.5. The molecule has 0 saturated carbocycles. The molecule has 0 heterocycles. The lowest BCUT2D eigenvalue weighted by molar-refractivity contribution is -0.813. The van der Waals surface area contributed by atoms with Gasteiger partial charge in [-0.05, 0) is 26.9 Å². The standard InChI is InChI=1S/C8H20BClNP/c1-4-11(5-2,6-3)9-12-8-7-10/h12H,4-8H2,1-3H3/q+1. The fourth-order valence-corrected chi connectivity index (χ4v) is 2.76. The van der Waals surface area contributed by atoms with Gasteiger partial charge >= 0.3 is 7.13 Å². The smallest absolute Gasteiger partial charge is 0.391 e. The van der Waals surface area contributed by atoms with Gasteiger partial charge in [-0.2, -0.15) is 0 Å². The van der Waals surface area contributed by atoms with Crippen molar-refractivity contribution in [2.45, 2.75) is 20.8 Å². The molecule has 0 N–H and O–H groups in total. The molecule has 0 aromatic carbocycles. The summed E-state index contributed by atoms with van der Waals surface area (Å²) in [5.41, 5.74) is 0. The van der Waals surface area contributed by atoms with Crippen LogP contribution in [0.15, 0.2) is 0 Å². The molecule has 71 valence electrons. The second-order valence-corrected chi connectivity index (χ2v) is 4.48. The van der Waals surface area contributed by atoms with E-state index in [1.807, 2.05) is 0 Å². The number of nitrogens with zero attached hydrogens (tertiary/aromatic N) is 1. The van der Waals surface area contributed by atoms with Crippen molar-refractivity contribution >= 4 is 27.2 Å². The van der Waals surface area contributed by atoms with Crippen LogP contribution in [0, 0.1) is 0 Å². The van der Waals surface area contributed by atoms with Crippen LogP contribution in [0.3, 0.4) is 0 Å². The average molecular weight is 207 g/mol. The topological polar surface area (TPSA) is 0 Å². The second-order valence-electron chi connectivity index (χ2n) is 2.94. The fraction of sp³-hybridized carbons (Fsp3) is 1.00. The van der Waals surface area contributed by atoms with Gasteiger partial charge in [0.2, 0.25) is 0 Å². The van der Waals surface area contributed by atoms with Crippen LogP contribution >= 0.6 is 20.1 Å². The summed E-state index contributed by atoms with van der Waals surface area (Å²) in [5, 5.41) is 0. The van der Waals surface area contributed by atoms with E-state index < -0.39 is 0 Å². The minimum absolute atomic E-state index is 0.798. The zero-order chi connectivity index (χ0) is 9.45. The van der Waals surface area contributed by atoms with Gasteiger partial charge in [0, 0.05) is 5.88 Å². The Kier molecular flexibility index (Phi) is 7.62. The lowest BCUT2D eigenvalue weighted by atomic mass is 10.1.